The van der Waals surface area contributed by atoms with Gasteiger partial charge in [-0.1, -0.05) is 51.1 Å². The molecule has 16 nitrogen and oxygen atoms in total. The number of benzene rings is 2. The highest BCUT2D eigenvalue weighted by molar-refractivity contribution is 6.14. The highest BCUT2D eigenvalue weighted by Crippen LogP contribution is 2.35. The first-order valence-corrected chi connectivity index (χ1v) is 17.4. The Morgan fingerprint density at radius 2 is 1.58 bits per heavy atom. The number of halogens is 2. The molecule has 8 N–H and O–H groups in total. The van der Waals surface area contributed by atoms with Gasteiger partial charge in [-0.3, -0.25) is 38.7 Å². The molecule has 0 saturated carbocycles. The fourth-order valence-electron chi connectivity index (χ4n) is 5.58. The lowest BCUT2D eigenvalue weighted by Gasteiger charge is -2.32. The molecule has 0 fully saturated rings. The summed E-state index contributed by atoms with van der Waals surface area (Å²) >= 11 is 0. The lowest BCUT2D eigenvalue weighted by molar-refractivity contribution is -0.141. The molecule has 0 spiro atoms. The smallest absolute Gasteiger partial charge is 0.254 e. The first-order chi connectivity index (χ1) is 25.9. The van der Waals surface area contributed by atoms with Crippen molar-refractivity contribution in [2.24, 2.45) is 17.0 Å². The van der Waals surface area contributed by atoms with Gasteiger partial charge in [0, 0.05) is 43.5 Å². The topological polar surface area (TPSA) is 235 Å². The molecule has 1 unspecified atom stereocenters. The molecule has 294 valence electrons. The molecule has 6 amide bonds. The van der Waals surface area contributed by atoms with Crippen LogP contribution < -0.4 is 27.5 Å². The molecule has 18 heteroatoms. The number of imidazole rings is 1. The molecule has 0 bridgehead atoms. The Balaban J connectivity index is 1.31. The minimum atomic E-state index is -1.62. The fourth-order valence-corrected chi connectivity index (χ4v) is 5.58. The number of aromatic nitrogens is 2. The van der Waals surface area contributed by atoms with Crippen LogP contribution >= 0.6 is 0 Å². The monoisotopic (exact) mass is 765 g/mol. The van der Waals surface area contributed by atoms with Crippen molar-refractivity contribution in [1.82, 2.24) is 35.4 Å². The Bertz CT molecular complexity index is 1910. The number of nitrogens with two attached hydrogens (primary N) is 2. The lowest BCUT2D eigenvalue weighted by Crippen LogP contribution is -2.52. The normalized spacial score (nSPS) is 14.4. The Morgan fingerprint density at radius 3 is 2.22 bits per heavy atom. The Morgan fingerprint density at radius 1 is 0.945 bits per heavy atom. The van der Waals surface area contributed by atoms with Crippen LogP contribution in [0, 0.1) is 17.0 Å². The van der Waals surface area contributed by atoms with Gasteiger partial charge in [0.1, 0.15) is 36.7 Å². The number of carbonyl (C=O) groups excluding carboxylic acids is 6. The average Bonchev–Trinajstić information content (AvgIpc) is 3.69. The first kappa shape index (κ1) is 41.9. The molecule has 0 saturated heterocycles. The molecule has 3 atom stereocenters. The van der Waals surface area contributed by atoms with Crippen molar-refractivity contribution in [1.29, 1.82) is 0 Å². The number of imide groups is 1. The number of aliphatic hydroxyl groups is 1. The number of nitrogens with zero attached hydrogens (tertiary/aromatic N) is 4. The van der Waals surface area contributed by atoms with Crippen LogP contribution in [-0.4, -0.2) is 98.3 Å². The largest absolute Gasteiger partial charge is 0.383 e. The van der Waals surface area contributed by atoms with Crippen LogP contribution in [0.4, 0.5) is 8.78 Å². The number of hydrogen-bond donors (Lipinski definition) is 6. The summed E-state index contributed by atoms with van der Waals surface area (Å²) in [7, 11) is 0. The number of amides is 6. The van der Waals surface area contributed by atoms with E-state index in [1.54, 1.807) is 10.8 Å². The zero-order valence-electron chi connectivity index (χ0n) is 30.6. The second-order valence-corrected chi connectivity index (χ2v) is 14.0. The molecule has 2 heterocycles. The summed E-state index contributed by atoms with van der Waals surface area (Å²) in [5.74, 6) is 0.627. The molecule has 2 aromatic carbocycles. The minimum absolute atomic E-state index is 0.0378. The van der Waals surface area contributed by atoms with Crippen LogP contribution in [0.25, 0.3) is 11.3 Å². The average molecular weight is 766 g/mol. The van der Waals surface area contributed by atoms with Gasteiger partial charge in [0.25, 0.3) is 17.7 Å². The molecule has 3 aromatic rings. The highest BCUT2D eigenvalue weighted by atomic mass is 19.1. The van der Waals surface area contributed by atoms with E-state index in [1.807, 2.05) is 51.1 Å². The molecule has 4 rings (SSSR count). The van der Waals surface area contributed by atoms with Crippen molar-refractivity contribution < 1.29 is 42.7 Å². The molecular weight excluding hydrogens is 720 g/mol. The predicted octanol–water partition coefficient (Wildman–Crippen LogP) is 0.408. The predicted molar refractivity (Wildman–Crippen MR) is 194 cm³/mol. The molecule has 0 radical (unpaired) electrons. The highest BCUT2D eigenvalue weighted by Gasteiger charge is 2.34. The lowest BCUT2D eigenvalue weighted by atomic mass is 9.85. The van der Waals surface area contributed by atoms with Crippen molar-refractivity contribution in [2.75, 3.05) is 26.2 Å². The van der Waals surface area contributed by atoms with Gasteiger partial charge in [-0.15, -0.1) is 0 Å². The summed E-state index contributed by atoms with van der Waals surface area (Å²) in [5, 5.41) is 19.2. The first-order valence-electron chi connectivity index (χ1n) is 17.4. The van der Waals surface area contributed by atoms with Crippen molar-refractivity contribution >= 4 is 35.4 Å². The number of rotatable bonds is 17. The number of aliphatic hydroxyl groups excluding tert-OH is 1. The maximum atomic E-state index is 14.8. The van der Waals surface area contributed by atoms with E-state index in [9.17, 15) is 42.7 Å². The third-order valence-corrected chi connectivity index (χ3v) is 8.56. The van der Waals surface area contributed by atoms with Crippen LogP contribution in [0.2, 0.25) is 0 Å². The van der Waals surface area contributed by atoms with E-state index < -0.39 is 83.8 Å². The summed E-state index contributed by atoms with van der Waals surface area (Å²) in [6, 6.07) is 10.3. The van der Waals surface area contributed by atoms with Crippen molar-refractivity contribution in [2.45, 2.75) is 58.3 Å². The van der Waals surface area contributed by atoms with Gasteiger partial charge in [0.15, 0.2) is 0 Å². The number of hydrazine groups is 1. The molecule has 1 aromatic heterocycles. The van der Waals surface area contributed by atoms with Gasteiger partial charge in [-0.25, -0.2) is 19.6 Å². The maximum absolute atomic E-state index is 14.8. The maximum Gasteiger partial charge on any atom is 0.254 e. The molecule has 55 heavy (non-hydrogen) atoms. The van der Waals surface area contributed by atoms with E-state index in [0.29, 0.717) is 10.8 Å². The molecule has 0 aliphatic carbocycles. The fraction of sp³-hybridized carbons (Fsp3) is 0.378. The van der Waals surface area contributed by atoms with Gasteiger partial charge in [0.05, 0.1) is 17.8 Å². The van der Waals surface area contributed by atoms with Crippen LogP contribution in [-0.2, 0) is 35.3 Å². The Kier molecular flexibility index (Phi) is 14.1. The second-order valence-electron chi connectivity index (χ2n) is 14.0. The van der Waals surface area contributed by atoms with Crippen LogP contribution in [0.3, 0.4) is 0 Å². The standard InChI is InChI=1S/C37H45F2N9O7/c1-37(2,3)33(34-44-27(24-17-23(38)9-10-25(24)39)19-46(34)18-22-7-5-4-6-8-22)45-35(54)28(49)12-11-26(40)36(55)48(41)21-30(51)43-16-15-42-29(50)20-47-31(52)13-14-32(47)53/h4-10,13-14,17,19,26,28,33,49H,11-12,15-16,18,20-21,40-41H2,1-3H3,(H,42,50)(H,43,51)(H,45,54)/t26-,28?,33-/m0/s1. The Labute approximate surface area is 315 Å². The van der Waals surface area contributed by atoms with Crippen molar-refractivity contribution in [3.05, 3.63) is 89.9 Å². The van der Waals surface area contributed by atoms with E-state index >= 15 is 0 Å². The van der Waals surface area contributed by atoms with E-state index in [4.69, 9.17) is 11.6 Å². The third-order valence-electron chi connectivity index (χ3n) is 8.56. The van der Waals surface area contributed by atoms with Gasteiger partial charge >= 0.3 is 0 Å². The second kappa shape index (κ2) is 18.5. The SMILES string of the molecule is CC(C)(C)[C@@H](NC(=O)C(O)CC[C@H](N)C(=O)N(N)CC(=O)NCCNC(=O)CN1C(=O)C=CC1=O)c1nc(-c2cc(F)ccc2F)cn1Cc1ccccc1. The van der Waals surface area contributed by atoms with Gasteiger partial charge in [-0.05, 0) is 42.0 Å². The van der Waals surface area contributed by atoms with Crippen molar-refractivity contribution in [3.63, 3.8) is 0 Å². The number of hydrogen-bond acceptors (Lipinski definition) is 10. The molecule has 1 aliphatic rings. The molecular formula is C37H45F2N9O7. The zero-order chi connectivity index (χ0) is 40.4. The van der Waals surface area contributed by atoms with Gasteiger partial charge in [-0.2, -0.15) is 0 Å². The Hall–Kier alpha value is -5.85. The van der Waals surface area contributed by atoms with E-state index in [-0.39, 0.29) is 43.7 Å². The van der Waals surface area contributed by atoms with E-state index in [2.05, 4.69) is 20.9 Å². The molecule has 1 aliphatic heterocycles. The van der Waals surface area contributed by atoms with Crippen LogP contribution in [0.15, 0.2) is 66.9 Å². The van der Waals surface area contributed by atoms with Gasteiger partial charge < -0.3 is 31.4 Å². The van der Waals surface area contributed by atoms with Crippen molar-refractivity contribution in [3.8, 4) is 11.3 Å². The summed E-state index contributed by atoms with van der Waals surface area (Å²) in [5.41, 5.74) is 6.26. The van der Waals surface area contributed by atoms with Gasteiger partial charge in [0.2, 0.25) is 17.7 Å². The zero-order valence-corrected chi connectivity index (χ0v) is 30.6. The van der Waals surface area contributed by atoms with Crippen LogP contribution in [0.5, 0.6) is 0 Å². The number of carbonyl (C=O) groups is 6. The van der Waals surface area contributed by atoms with Crippen LogP contribution in [0.1, 0.15) is 51.0 Å². The summed E-state index contributed by atoms with van der Waals surface area (Å²) < 4.78 is 30.7. The third kappa shape index (κ3) is 11.6. The van der Waals surface area contributed by atoms with E-state index in [0.717, 1.165) is 40.8 Å². The summed E-state index contributed by atoms with van der Waals surface area (Å²) in [4.78, 5) is 79.0. The summed E-state index contributed by atoms with van der Waals surface area (Å²) in [6.07, 6.45) is 1.62. The minimum Gasteiger partial charge on any atom is -0.383 e. The summed E-state index contributed by atoms with van der Waals surface area (Å²) in [6.45, 7) is 4.65. The number of nitrogens with one attached hydrogen (secondary N) is 3. The quantitative estimate of drug-likeness (QED) is 0.0364. The van der Waals surface area contributed by atoms with E-state index in [1.165, 1.54) is 0 Å².